The van der Waals surface area contributed by atoms with E-state index in [4.69, 9.17) is 0 Å². The van der Waals surface area contributed by atoms with Gasteiger partial charge in [0.1, 0.15) is 0 Å². The molecule has 1 heterocycles. The molecule has 0 aliphatic carbocycles. The van der Waals surface area contributed by atoms with E-state index in [1.807, 2.05) is 25.1 Å². The lowest BCUT2D eigenvalue weighted by Gasteiger charge is -2.18. The van der Waals surface area contributed by atoms with Gasteiger partial charge >= 0.3 is 0 Å². The first-order valence-corrected chi connectivity index (χ1v) is 8.31. The fourth-order valence-electron chi connectivity index (χ4n) is 3.16. The second-order valence-corrected chi connectivity index (χ2v) is 5.83. The molecular formula is C19H27NO. The lowest BCUT2D eigenvalue weighted by atomic mass is 10.0. The van der Waals surface area contributed by atoms with Gasteiger partial charge in [0.05, 0.1) is 5.52 Å². The topological polar surface area (TPSA) is 22.0 Å². The van der Waals surface area contributed by atoms with E-state index < -0.39 is 0 Å². The van der Waals surface area contributed by atoms with Crippen LogP contribution in [0.5, 0.6) is 0 Å². The molecule has 2 heteroatoms. The molecule has 0 saturated heterocycles. The summed E-state index contributed by atoms with van der Waals surface area (Å²) in [5, 5.41) is 0.853. The summed E-state index contributed by atoms with van der Waals surface area (Å²) >= 11 is 0. The molecule has 1 aromatic carbocycles. The van der Waals surface area contributed by atoms with Gasteiger partial charge in [0.2, 0.25) is 0 Å². The van der Waals surface area contributed by atoms with Crippen LogP contribution in [0.15, 0.2) is 29.1 Å². The molecule has 2 nitrogen and oxygen atoms in total. The van der Waals surface area contributed by atoms with Gasteiger partial charge in [-0.05, 0) is 38.8 Å². The zero-order chi connectivity index (χ0) is 15.2. The lowest BCUT2D eigenvalue weighted by molar-refractivity contribution is 0.610. The Labute approximate surface area is 127 Å². The number of para-hydroxylation sites is 1. The van der Waals surface area contributed by atoms with Crippen molar-refractivity contribution in [3.63, 3.8) is 0 Å². The average molecular weight is 285 g/mol. The molecule has 0 N–H and O–H groups in total. The molecule has 0 atom stereocenters. The van der Waals surface area contributed by atoms with Gasteiger partial charge < -0.3 is 4.57 Å². The number of fused-ring (bicyclic) bond motifs is 1. The van der Waals surface area contributed by atoms with Crippen molar-refractivity contribution in [1.82, 2.24) is 4.57 Å². The summed E-state index contributed by atoms with van der Waals surface area (Å²) in [4.78, 5) is 12.5. The van der Waals surface area contributed by atoms with Crippen molar-refractivity contribution >= 4 is 10.9 Å². The van der Waals surface area contributed by atoms with Crippen LogP contribution in [0.4, 0.5) is 0 Å². The second-order valence-electron chi connectivity index (χ2n) is 5.83. The third-order valence-electron chi connectivity index (χ3n) is 4.37. The van der Waals surface area contributed by atoms with Crippen LogP contribution in [0, 0.1) is 6.92 Å². The molecule has 1 aromatic heterocycles. The molecule has 0 amide bonds. The molecule has 2 rings (SSSR count). The third-order valence-corrected chi connectivity index (χ3v) is 4.37. The highest BCUT2D eigenvalue weighted by molar-refractivity contribution is 5.80. The Morgan fingerprint density at radius 2 is 1.71 bits per heavy atom. The summed E-state index contributed by atoms with van der Waals surface area (Å²) in [6.45, 7) is 7.31. The SMILES string of the molecule is CCCCCCCc1c(C)c(=O)c2ccccc2n1CC. The van der Waals surface area contributed by atoms with Gasteiger partial charge in [-0.25, -0.2) is 0 Å². The fourth-order valence-corrected chi connectivity index (χ4v) is 3.16. The Bertz CT molecular complexity index is 654. The van der Waals surface area contributed by atoms with Gasteiger partial charge in [0.15, 0.2) is 5.43 Å². The monoisotopic (exact) mass is 285 g/mol. The van der Waals surface area contributed by atoms with Crippen molar-refractivity contribution in [1.29, 1.82) is 0 Å². The number of pyridine rings is 1. The number of benzene rings is 1. The van der Waals surface area contributed by atoms with Crippen molar-refractivity contribution in [3.05, 3.63) is 45.7 Å². The summed E-state index contributed by atoms with van der Waals surface area (Å²) in [5.41, 5.74) is 3.46. The molecule has 0 radical (unpaired) electrons. The van der Waals surface area contributed by atoms with Crippen molar-refractivity contribution in [2.45, 2.75) is 65.8 Å². The maximum atomic E-state index is 12.5. The summed E-state index contributed by atoms with van der Waals surface area (Å²) in [6, 6.07) is 7.99. The number of nitrogens with zero attached hydrogens (tertiary/aromatic N) is 1. The molecule has 0 aliphatic heterocycles. The van der Waals surface area contributed by atoms with Gasteiger partial charge in [-0.15, -0.1) is 0 Å². The number of hydrogen-bond donors (Lipinski definition) is 0. The quantitative estimate of drug-likeness (QED) is 0.667. The second kappa shape index (κ2) is 7.44. The van der Waals surface area contributed by atoms with Crippen LogP contribution in [0.3, 0.4) is 0 Å². The van der Waals surface area contributed by atoms with Gasteiger partial charge in [-0.1, -0.05) is 44.7 Å². The van der Waals surface area contributed by atoms with E-state index in [1.54, 1.807) is 0 Å². The van der Waals surface area contributed by atoms with E-state index >= 15 is 0 Å². The van der Waals surface area contributed by atoms with E-state index in [0.717, 1.165) is 29.4 Å². The van der Waals surface area contributed by atoms with E-state index in [-0.39, 0.29) is 5.43 Å². The number of unbranched alkanes of at least 4 members (excludes halogenated alkanes) is 4. The van der Waals surface area contributed by atoms with Crippen molar-refractivity contribution in [2.24, 2.45) is 0 Å². The van der Waals surface area contributed by atoms with Gasteiger partial charge in [-0.3, -0.25) is 4.79 Å². The average Bonchev–Trinajstić information content (AvgIpc) is 2.52. The Balaban J connectivity index is 2.34. The number of hydrogen-bond acceptors (Lipinski definition) is 1. The predicted molar refractivity (Wildman–Crippen MR) is 91.1 cm³/mol. The smallest absolute Gasteiger partial charge is 0.192 e. The van der Waals surface area contributed by atoms with E-state index in [2.05, 4.69) is 24.5 Å². The molecule has 0 bridgehead atoms. The first-order chi connectivity index (χ1) is 10.2. The first-order valence-electron chi connectivity index (χ1n) is 8.31. The maximum Gasteiger partial charge on any atom is 0.192 e. The molecule has 0 aliphatic rings. The molecule has 114 valence electrons. The summed E-state index contributed by atoms with van der Waals surface area (Å²) in [5.74, 6) is 0. The number of rotatable bonds is 7. The third kappa shape index (κ3) is 3.37. The highest BCUT2D eigenvalue weighted by Crippen LogP contribution is 2.18. The lowest BCUT2D eigenvalue weighted by Crippen LogP contribution is -2.18. The highest BCUT2D eigenvalue weighted by Gasteiger charge is 2.12. The minimum atomic E-state index is 0.207. The standard InChI is InChI=1S/C19H27NO/c1-4-6-7-8-9-13-17-15(3)19(21)16-12-10-11-14-18(16)20(17)5-2/h10-12,14H,4-9,13H2,1-3H3. The van der Waals surface area contributed by atoms with Crippen molar-refractivity contribution in [3.8, 4) is 0 Å². The largest absolute Gasteiger partial charge is 0.344 e. The number of aryl methyl sites for hydroxylation is 1. The van der Waals surface area contributed by atoms with Crippen molar-refractivity contribution in [2.75, 3.05) is 0 Å². The van der Waals surface area contributed by atoms with Crippen LogP contribution in [-0.4, -0.2) is 4.57 Å². The fraction of sp³-hybridized carbons (Fsp3) is 0.526. The zero-order valence-corrected chi connectivity index (χ0v) is 13.6. The Morgan fingerprint density at radius 1 is 1.00 bits per heavy atom. The molecule has 0 fully saturated rings. The minimum absolute atomic E-state index is 0.207. The molecular weight excluding hydrogens is 258 g/mol. The van der Waals surface area contributed by atoms with E-state index in [0.29, 0.717) is 0 Å². The normalized spacial score (nSPS) is 11.2. The van der Waals surface area contributed by atoms with Gasteiger partial charge in [0, 0.05) is 23.2 Å². The first kappa shape index (κ1) is 15.8. The van der Waals surface area contributed by atoms with E-state index in [9.17, 15) is 4.79 Å². The Morgan fingerprint density at radius 3 is 2.43 bits per heavy atom. The summed E-state index contributed by atoms with van der Waals surface area (Å²) in [6.07, 6.45) is 7.35. The van der Waals surface area contributed by atoms with Gasteiger partial charge in [0.25, 0.3) is 0 Å². The molecule has 2 aromatic rings. The summed E-state index contributed by atoms with van der Waals surface area (Å²) in [7, 11) is 0. The molecule has 0 saturated carbocycles. The van der Waals surface area contributed by atoms with Gasteiger partial charge in [-0.2, -0.15) is 0 Å². The van der Waals surface area contributed by atoms with Crippen LogP contribution in [-0.2, 0) is 13.0 Å². The van der Waals surface area contributed by atoms with Crippen molar-refractivity contribution < 1.29 is 0 Å². The maximum absolute atomic E-state index is 12.5. The van der Waals surface area contributed by atoms with Crippen LogP contribution in [0.2, 0.25) is 0 Å². The molecule has 0 unspecified atom stereocenters. The Kier molecular flexibility index (Phi) is 5.60. The van der Waals surface area contributed by atoms with Crippen LogP contribution >= 0.6 is 0 Å². The van der Waals surface area contributed by atoms with Crippen LogP contribution in [0.25, 0.3) is 10.9 Å². The molecule has 21 heavy (non-hydrogen) atoms. The zero-order valence-electron chi connectivity index (χ0n) is 13.6. The minimum Gasteiger partial charge on any atom is -0.344 e. The predicted octanol–water partition coefficient (Wildman–Crippen LogP) is 4.84. The van der Waals surface area contributed by atoms with E-state index in [1.165, 1.54) is 37.8 Å². The van der Waals surface area contributed by atoms with Crippen LogP contribution in [0.1, 0.15) is 57.2 Å². The Hall–Kier alpha value is -1.57. The molecule has 0 spiro atoms. The summed E-state index contributed by atoms with van der Waals surface area (Å²) < 4.78 is 2.33. The van der Waals surface area contributed by atoms with Crippen LogP contribution < -0.4 is 5.43 Å². The number of aromatic nitrogens is 1. The highest BCUT2D eigenvalue weighted by atomic mass is 16.1.